The van der Waals surface area contributed by atoms with Gasteiger partial charge in [-0.05, 0) is 44.4 Å². The summed E-state index contributed by atoms with van der Waals surface area (Å²) in [4.78, 5) is 39.4. The highest BCUT2D eigenvalue weighted by Gasteiger charge is 2.89. The first kappa shape index (κ1) is 21.5. The molecule has 2 aliphatic heterocycles. The Morgan fingerprint density at radius 2 is 1.97 bits per heavy atom. The molecule has 4 atom stereocenters. The fourth-order valence-corrected chi connectivity index (χ4v) is 4.02. The van der Waals surface area contributed by atoms with Crippen LogP contribution in [0.1, 0.15) is 53.9 Å². The van der Waals surface area contributed by atoms with E-state index in [1.54, 1.807) is 19.9 Å². The first-order valence-electron chi connectivity index (χ1n) is 10.1. The number of fused-ring (bicyclic) bond motifs is 2. The predicted octanol–water partition coefficient (Wildman–Crippen LogP) is 2.53. The zero-order valence-electron chi connectivity index (χ0n) is 17.5. The lowest BCUT2D eigenvalue weighted by atomic mass is 9.64. The van der Waals surface area contributed by atoms with Crippen molar-refractivity contribution in [2.75, 3.05) is 6.61 Å². The highest BCUT2D eigenvalue weighted by atomic mass is 16.7. The van der Waals surface area contributed by atoms with E-state index in [9.17, 15) is 19.5 Å². The third-order valence-electron chi connectivity index (χ3n) is 6.05. The lowest BCUT2D eigenvalue weighted by Gasteiger charge is -2.37. The first-order valence-corrected chi connectivity index (χ1v) is 10.1. The number of esters is 1. The fourth-order valence-electron chi connectivity index (χ4n) is 4.02. The van der Waals surface area contributed by atoms with Gasteiger partial charge in [-0.2, -0.15) is 0 Å². The largest absolute Gasteiger partial charge is 0.469 e. The molecule has 0 unspecified atom stereocenters. The Morgan fingerprint density at radius 3 is 2.59 bits per heavy atom. The molecule has 7 nitrogen and oxygen atoms in total. The van der Waals surface area contributed by atoms with Crippen molar-refractivity contribution in [3.63, 3.8) is 0 Å². The van der Waals surface area contributed by atoms with Crippen LogP contribution >= 0.6 is 0 Å². The summed E-state index contributed by atoms with van der Waals surface area (Å²) in [5.41, 5.74) is -5.38. The molecule has 0 bridgehead atoms. The van der Waals surface area contributed by atoms with Crippen molar-refractivity contribution in [2.24, 2.45) is 5.92 Å². The van der Waals surface area contributed by atoms with Crippen LogP contribution in [-0.4, -0.2) is 46.1 Å². The van der Waals surface area contributed by atoms with E-state index >= 15 is 0 Å². The van der Waals surface area contributed by atoms with Crippen LogP contribution in [0.2, 0.25) is 0 Å². The molecule has 0 amide bonds. The SMILES string of the molecule is CCCCOC(=O)[C@@]1(C(=O)[C@@H](C)CC)O[C@@]12C1=COC(C)=CC1=CC(=O)[C@]2(C)O. The Balaban J connectivity index is 2.15. The van der Waals surface area contributed by atoms with E-state index < -0.39 is 40.3 Å². The molecule has 1 saturated heterocycles. The van der Waals surface area contributed by atoms with Gasteiger partial charge in [0, 0.05) is 11.5 Å². The molecule has 3 aliphatic rings. The summed E-state index contributed by atoms with van der Waals surface area (Å²) in [6.07, 6.45) is 6.14. The zero-order valence-corrected chi connectivity index (χ0v) is 17.5. The Labute approximate surface area is 170 Å². The summed E-state index contributed by atoms with van der Waals surface area (Å²) in [5, 5.41) is 11.2. The summed E-state index contributed by atoms with van der Waals surface area (Å²) in [7, 11) is 0. The molecule has 158 valence electrons. The summed E-state index contributed by atoms with van der Waals surface area (Å²) in [6.45, 7) is 8.55. The molecule has 0 radical (unpaired) electrons. The zero-order chi connectivity index (χ0) is 21.6. The summed E-state index contributed by atoms with van der Waals surface area (Å²) < 4.78 is 16.7. The molecule has 0 aromatic heterocycles. The maximum Gasteiger partial charge on any atom is 0.349 e. The quantitative estimate of drug-likeness (QED) is 0.301. The first-order chi connectivity index (χ1) is 13.6. The number of allylic oxidation sites excluding steroid dienone is 2. The molecule has 29 heavy (non-hydrogen) atoms. The van der Waals surface area contributed by atoms with Crippen molar-refractivity contribution in [3.05, 3.63) is 35.3 Å². The molecule has 1 spiro atoms. The van der Waals surface area contributed by atoms with E-state index in [2.05, 4.69) is 0 Å². The summed E-state index contributed by atoms with van der Waals surface area (Å²) >= 11 is 0. The third-order valence-corrected chi connectivity index (χ3v) is 6.05. The third kappa shape index (κ3) is 2.82. The van der Waals surface area contributed by atoms with Crippen LogP contribution in [0.15, 0.2) is 35.3 Å². The van der Waals surface area contributed by atoms with Gasteiger partial charge in [0.2, 0.25) is 0 Å². The van der Waals surface area contributed by atoms with Crippen molar-refractivity contribution in [1.29, 1.82) is 0 Å². The van der Waals surface area contributed by atoms with E-state index in [4.69, 9.17) is 14.2 Å². The van der Waals surface area contributed by atoms with Crippen molar-refractivity contribution < 1.29 is 33.7 Å². The second kappa shape index (κ2) is 7.22. The van der Waals surface area contributed by atoms with Gasteiger partial charge in [-0.25, -0.2) is 4.79 Å². The van der Waals surface area contributed by atoms with Gasteiger partial charge in [0.25, 0.3) is 5.60 Å². The minimum absolute atomic E-state index is 0.123. The Morgan fingerprint density at radius 1 is 1.28 bits per heavy atom. The maximum atomic E-state index is 13.4. The number of unbranched alkanes of at least 4 members (excludes halogenated alkanes) is 1. The normalized spacial score (nSPS) is 33.7. The second-order valence-corrected chi connectivity index (χ2v) is 8.07. The molecular weight excluding hydrogens is 376 g/mol. The predicted molar refractivity (Wildman–Crippen MR) is 104 cm³/mol. The standard InChI is InChI=1S/C22H28O7/c1-6-8-9-27-19(25)21(18(24)13(3)7-2)22(29-21)16-12-28-14(4)10-15(16)11-17(23)20(22,5)26/h10-13,26H,6-9H2,1-5H3/t13-,20-,21+,22+/m0/s1. The van der Waals surface area contributed by atoms with Gasteiger partial charge in [-0.15, -0.1) is 0 Å². The highest BCUT2D eigenvalue weighted by molar-refractivity contribution is 6.17. The molecule has 7 heteroatoms. The number of epoxide rings is 1. The Bertz CT molecular complexity index is 847. The lowest BCUT2D eigenvalue weighted by molar-refractivity contribution is -0.155. The molecule has 0 aromatic rings. The number of aliphatic hydroxyl groups is 1. The number of ketones is 2. The van der Waals surface area contributed by atoms with Gasteiger partial charge in [0.15, 0.2) is 22.8 Å². The molecule has 1 fully saturated rings. The summed E-state index contributed by atoms with van der Waals surface area (Å²) in [6, 6.07) is 0. The average molecular weight is 404 g/mol. The van der Waals surface area contributed by atoms with Crippen LogP contribution in [0.4, 0.5) is 0 Å². The molecule has 2 heterocycles. The Hall–Kier alpha value is -2.25. The van der Waals surface area contributed by atoms with Crippen molar-refractivity contribution in [1.82, 2.24) is 0 Å². The van der Waals surface area contributed by atoms with Gasteiger partial charge in [-0.3, -0.25) is 9.59 Å². The van der Waals surface area contributed by atoms with Crippen LogP contribution in [0.5, 0.6) is 0 Å². The molecule has 1 aliphatic carbocycles. The number of Topliss-reactive ketones (excluding diaryl/α,β-unsaturated/α-hetero) is 1. The van der Waals surface area contributed by atoms with Gasteiger partial charge < -0.3 is 19.3 Å². The smallest absolute Gasteiger partial charge is 0.349 e. The lowest BCUT2D eigenvalue weighted by Crippen LogP contribution is -2.61. The van der Waals surface area contributed by atoms with Crippen molar-refractivity contribution in [3.8, 4) is 0 Å². The van der Waals surface area contributed by atoms with Crippen molar-refractivity contribution in [2.45, 2.75) is 70.7 Å². The van der Waals surface area contributed by atoms with Gasteiger partial charge >= 0.3 is 5.97 Å². The summed E-state index contributed by atoms with van der Waals surface area (Å²) in [5.74, 6) is -2.03. The Kier molecular flexibility index (Phi) is 5.34. The number of hydrogen-bond donors (Lipinski definition) is 1. The maximum absolute atomic E-state index is 13.4. The van der Waals surface area contributed by atoms with Crippen molar-refractivity contribution >= 4 is 17.5 Å². The number of hydrogen-bond acceptors (Lipinski definition) is 7. The average Bonchev–Trinajstić information content (AvgIpc) is 3.38. The van der Waals surface area contributed by atoms with E-state index in [-0.39, 0.29) is 12.2 Å². The molecule has 0 aromatic carbocycles. The topological polar surface area (TPSA) is 102 Å². The van der Waals surface area contributed by atoms with Crippen LogP contribution in [0.25, 0.3) is 0 Å². The van der Waals surface area contributed by atoms with E-state index in [0.717, 1.165) is 6.42 Å². The molecular formula is C22H28O7. The molecule has 0 saturated carbocycles. The van der Waals surface area contributed by atoms with E-state index in [0.29, 0.717) is 24.2 Å². The van der Waals surface area contributed by atoms with Crippen LogP contribution in [-0.2, 0) is 28.6 Å². The fraction of sp³-hybridized carbons (Fsp3) is 0.591. The van der Waals surface area contributed by atoms with E-state index in [1.807, 2.05) is 13.8 Å². The van der Waals surface area contributed by atoms with Gasteiger partial charge in [-0.1, -0.05) is 27.2 Å². The number of rotatable bonds is 7. The number of carbonyl (C=O) groups is 3. The highest BCUT2D eigenvalue weighted by Crippen LogP contribution is 2.64. The molecule has 1 N–H and O–H groups in total. The minimum Gasteiger partial charge on any atom is -0.469 e. The second-order valence-electron chi connectivity index (χ2n) is 8.07. The van der Waals surface area contributed by atoms with Gasteiger partial charge in [0.05, 0.1) is 12.9 Å². The molecule has 3 rings (SSSR count). The van der Waals surface area contributed by atoms with Crippen LogP contribution < -0.4 is 0 Å². The number of carbonyl (C=O) groups excluding carboxylic acids is 3. The monoisotopic (exact) mass is 404 g/mol. The van der Waals surface area contributed by atoms with Gasteiger partial charge in [0.1, 0.15) is 5.76 Å². The van der Waals surface area contributed by atoms with Crippen LogP contribution in [0.3, 0.4) is 0 Å². The van der Waals surface area contributed by atoms with Crippen LogP contribution in [0, 0.1) is 5.92 Å². The number of ether oxygens (including phenoxy) is 3. The van der Waals surface area contributed by atoms with E-state index in [1.165, 1.54) is 19.3 Å². The minimum atomic E-state index is -2.14.